The molecule has 0 heterocycles. The lowest BCUT2D eigenvalue weighted by molar-refractivity contribution is -0.453. The Bertz CT molecular complexity index is 892. The van der Waals surface area contributed by atoms with Gasteiger partial charge in [0.05, 0.1) is 4.90 Å². The molecule has 0 aromatic heterocycles. The van der Waals surface area contributed by atoms with Crippen molar-refractivity contribution in [1.29, 1.82) is 0 Å². The van der Waals surface area contributed by atoms with E-state index in [4.69, 9.17) is 0 Å². The van der Waals surface area contributed by atoms with Crippen LogP contribution in [0.3, 0.4) is 0 Å². The van der Waals surface area contributed by atoms with E-state index in [1.807, 2.05) is 0 Å². The minimum atomic E-state index is -8.40. The summed E-state index contributed by atoms with van der Waals surface area (Å²) in [6.45, 7) is 0. The molecule has 0 fully saturated rings. The van der Waals surface area contributed by atoms with Crippen LogP contribution in [0.25, 0.3) is 0 Å². The molecule has 0 atom stereocenters. The number of benzene rings is 1. The summed E-state index contributed by atoms with van der Waals surface area (Å²) in [5.41, 5.74) is -2.48. The van der Waals surface area contributed by atoms with E-state index in [9.17, 15) is 74.3 Å². The van der Waals surface area contributed by atoms with E-state index >= 15 is 0 Å². The smallest absolute Gasteiger partial charge is 0.227 e. The first-order chi connectivity index (χ1) is 13.4. The average molecular weight is 510 g/mol. The van der Waals surface area contributed by atoms with Gasteiger partial charge < -0.3 is 0 Å². The van der Waals surface area contributed by atoms with Crippen LogP contribution < -0.4 is 0 Å². The summed E-state index contributed by atoms with van der Waals surface area (Å²) in [7, 11) is -3.85. The van der Waals surface area contributed by atoms with Crippen molar-refractivity contribution in [2.45, 2.75) is 46.6 Å². The monoisotopic (exact) mass is 510 g/mol. The molecule has 31 heavy (non-hydrogen) atoms. The fourth-order valence-corrected chi connectivity index (χ4v) is 2.42. The summed E-state index contributed by atoms with van der Waals surface area (Å²) in [6, 6.07) is -0.0695. The molecule has 0 bridgehead atoms. The molecule has 0 aliphatic rings. The van der Waals surface area contributed by atoms with Gasteiger partial charge in [0.2, 0.25) is 0 Å². The first kappa shape index (κ1) is 27.2. The lowest BCUT2D eigenvalue weighted by Gasteiger charge is -2.41. The SMILES string of the molecule is O=[SH](=O)c1cccc(C(F)(F)C(F)(F)C(F)(F)C(F)(F)C(F)(F)C(F)(F)C(F)(F)F)c1. The third-order valence-corrected chi connectivity index (χ3v) is 4.45. The van der Waals surface area contributed by atoms with Crippen molar-refractivity contribution in [3.8, 4) is 0 Å². The number of halogens is 15. The zero-order chi connectivity index (χ0) is 25.1. The Kier molecular flexibility index (Phi) is 6.42. The first-order valence-electron chi connectivity index (χ1n) is 6.99. The maximum atomic E-state index is 13.9. The van der Waals surface area contributed by atoms with Crippen LogP contribution in [0, 0.1) is 0 Å². The third-order valence-electron chi connectivity index (χ3n) is 3.75. The predicted molar refractivity (Wildman–Crippen MR) is 69.7 cm³/mol. The molecule has 0 aliphatic carbocycles. The van der Waals surface area contributed by atoms with Gasteiger partial charge in [-0.15, -0.1) is 0 Å². The van der Waals surface area contributed by atoms with E-state index in [2.05, 4.69) is 0 Å². The lowest BCUT2D eigenvalue weighted by atomic mass is 9.88. The summed E-state index contributed by atoms with van der Waals surface area (Å²) >= 11 is 0. The van der Waals surface area contributed by atoms with Crippen molar-refractivity contribution in [2.75, 3.05) is 0 Å². The second kappa shape index (κ2) is 7.33. The Hall–Kier alpha value is -1.88. The lowest BCUT2D eigenvalue weighted by Crippen LogP contribution is -2.72. The van der Waals surface area contributed by atoms with E-state index < -0.39 is 68.9 Å². The van der Waals surface area contributed by atoms with Crippen molar-refractivity contribution in [3.05, 3.63) is 29.8 Å². The predicted octanol–water partition coefficient (Wildman–Crippen LogP) is 5.49. The zero-order valence-corrected chi connectivity index (χ0v) is 14.6. The highest BCUT2D eigenvalue weighted by atomic mass is 32.2. The van der Waals surface area contributed by atoms with Gasteiger partial charge in [-0.05, 0) is 12.1 Å². The molecule has 18 heteroatoms. The largest absolute Gasteiger partial charge is 0.460 e. The quantitative estimate of drug-likeness (QED) is 0.389. The maximum Gasteiger partial charge on any atom is 0.460 e. The molecule has 1 aromatic carbocycles. The molecular weight excluding hydrogens is 505 g/mol. The summed E-state index contributed by atoms with van der Waals surface area (Å²) in [5.74, 6) is -47.4. The molecule has 0 saturated heterocycles. The van der Waals surface area contributed by atoms with Crippen LogP contribution in [-0.2, 0) is 16.6 Å². The highest BCUT2D eigenvalue weighted by molar-refractivity contribution is 7.72. The van der Waals surface area contributed by atoms with Gasteiger partial charge in [0.25, 0.3) is 0 Å². The van der Waals surface area contributed by atoms with Crippen LogP contribution in [0.1, 0.15) is 5.56 Å². The number of alkyl halides is 15. The Morgan fingerprint density at radius 3 is 1.32 bits per heavy atom. The van der Waals surface area contributed by atoms with E-state index in [0.29, 0.717) is 6.07 Å². The molecule has 0 unspecified atom stereocenters. The van der Waals surface area contributed by atoms with E-state index in [0.717, 1.165) is 0 Å². The molecule has 1 rings (SSSR count). The van der Waals surface area contributed by atoms with Crippen molar-refractivity contribution in [2.24, 2.45) is 0 Å². The van der Waals surface area contributed by atoms with E-state index in [1.165, 1.54) is 0 Å². The molecule has 0 radical (unpaired) electrons. The third kappa shape index (κ3) is 3.69. The minimum Gasteiger partial charge on any atom is -0.227 e. The number of hydrogen-bond donors (Lipinski definition) is 1. The molecule has 0 aliphatic heterocycles. The Morgan fingerprint density at radius 1 is 0.548 bits per heavy atom. The van der Waals surface area contributed by atoms with Crippen LogP contribution in [0.2, 0.25) is 0 Å². The number of hydrogen-bond acceptors (Lipinski definition) is 2. The van der Waals surface area contributed by atoms with E-state index in [1.54, 1.807) is 0 Å². The van der Waals surface area contributed by atoms with Gasteiger partial charge in [-0.3, -0.25) is 0 Å². The van der Waals surface area contributed by atoms with Gasteiger partial charge in [0, 0.05) is 5.56 Å². The van der Waals surface area contributed by atoms with Crippen LogP contribution in [0.15, 0.2) is 29.2 Å². The second-order valence-electron chi connectivity index (χ2n) is 5.75. The van der Waals surface area contributed by atoms with E-state index in [-0.39, 0.29) is 12.1 Å². The van der Waals surface area contributed by atoms with Crippen molar-refractivity contribution < 1.29 is 74.3 Å². The highest BCUT2D eigenvalue weighted by Crippen LogP contribution is 2.63. The summed E-state index contributed by atoms with van der Waals surface area (Å²) in [6.07, 6.45) is -7.68. The molecule has 0 spiro atoms. The van der Waals surface area contributed by atoms with Crippen molar-refractivity contribution >= 4 is 10.7 Å². The normalized spacial score (nSPS) is 15.5. The highest BCUT2D eigenvalue weighted by Gasteiger charge is 2.93. The molecular formula is C13H5F15O2S. The Balaban J connectivity index is 3.71. The zero-order valence-electron chi connectivity index (χ0n) is 13.7. The molecule has 0 amide bonds. The second-order valence-corrected chi connectivity index (χ2v) is 6.78. The molecule has 2 nitrogen and oxygen atoms in total. The molecule has 0 N–H and O–H groups in total. The standard InChI is InChI=1S/C13H5F15O2S/c14-7(15,5-2-1-3-6(4-5)31(29)30)8(16,17)9(18,19)10(20,21)11(22,23)12(24,25)13(26,27)28/h1-4,31H. The Morgan fingerprint density at radius 2 is 0.935 bits per heavy atom. The fourth-order valence-electron chi connectivity index (χ4n) is 1.96. The summed E-state index contributed by atoms with van der Waals surface area (Å²) < 4.78 is 218. The molecule has 180 valence electrons. The van der Waals surface area contributed by atoms with Crippen LogP contribution in [0.4, 0.5) is 65.9 Å². The van der Waals surface area contributed by atoms with Gasteiger partial charge in [-0.2, -0.15) is 65.9 Å². The number of rotatable bonds is 7. The van der Waals surface area contributed by atoms with Crippen molar-refractivity contribution in [1.82, 2.24) is 0 Å². The fraction of sp³-hybridized carbons (Fsp3) is 0.538. The first-order valence-corrected chi connectivity index (χ1v) is 8.17. The van der Waals surface area contributed by atoms with Crippen LogP contribution in [-0.4, -0.2) is 44.2 Å². The van der Waals surface area contributed by atoms with Crippen LogP contribution in [0.5, 0.6) is 0 Å². The van der Waals surface area contributed by atoms with Gasteiger partial charge in [-0.25, -0.2) is 8.42 Å². The van der Waals surface area contributed by atoms with Gasteiger partial charge in [0.15, 0.2) is 10.7 Å². The minimum absolute atomic E-state index is 0.211. The topological polar surface area (TPSA) is 34.1 Å². The Labute approximate surface area is 162 Å². The van der Waals surface area contributed by atoms with Gasteiger partial charge in [-0.1, -0.05) is 12.1 Å². The van der Waals surface area contributed by atoms with Crippen molar-refractivity contribution in [3.63, 3.8) is 0 Å². The van der Waals surface area contributed by atoms with Gasteiger partial charge >= 0.3 is 41.7 Å². The molecule has 1 aromatic rings. The average Bonchev–Trinajstić information content (AvgIpc) is 2.59. The molecule has 0 saturated carbocycles. The van der Waals surface area contributed by atoms with Crippen LogP contribution >= 0.6 is 0 Å². The summed E-state index contributed by atoms with van der Waals surface area (Å²) in [4.78, 5) is -1.27. The summed E-state index contributed by atoms with van der Waals surface area (Å²) in [5, 5.41) is 0. The number of thiol groups is 1. The maximum absolute atomic E-state index is 13.9. The van der Waals surface area contributed by atoms with Gasteiger partial charge in [0.1, 0.15) is 0 Å².